The first kappa shape index (κ1) is 12.8. The van der Waals surface area contributed by atoms with Crippen molar-refractivity contribution in [3.05, 3.63) is 0 Å². The fraction of sp³-hybridized carbons (Fsp3) is 0.909. The summed E-state index contributed by atoms with van der Waals surface area (Å²) in [6.07, 6.45) is 4.74. The lowest BCUT2D eigenvalue weighted by molar-refractivity contribution is -0.139. The van der Waals surface area contributed by atoms with E-state index in [0.29, 0.717) is 13.1 Å². The Morgan fingerprint density at radius 1 is 1.18 bits per heavy atom. The van der Waals surface area contributed by atoms with Crippen LogP contribution in [0.5, 0.6) is 0 Å². The van der Waals surface area contributed by atoms with Crippen molar-refractivity contribution in [2.24, 2.45) is 5.92 Å². The zero-order valence-electron chi connectivity index (χ0n) is 9.84. The summed E-state index contributed by atoms with van der Waals surface area (Å²) in [4.78, 5) is 10.5. The van der Waals surface area contributed by atoms with E-state index in [1.165, 1.54) is 4.31 Å². The number of carboxylic acids is 1. The van der Waals surface area contributed by atoms with Crippen LogP contribution in [0.4, 0.5) is 0 Å². The molecule has 0 bridgehead atoms. The average molecular weight is 261 g/mol. The Balaban J connectivity index is 1.88. The van der Waals surface area contributed by atoms with Crippen molar-refractivity contribution in [1.29, 1.82) is 0 Å². The quantitative estimate of drug-likeness (QED) is 0.821. The smallest absolute Gasteiger partial charge is 0.303 e. The number of nitrogens with zero attached hydrogens (tertiary/aromatic N) is 1. The molecule has 1 saturated heterocycles. The van der Waals surface area contributed by atoms with E-state index in [1.54, 1.807) is 0 Å². The van der Waals surface area contributed by atoms with Crippen molar-refractivity contribution in [3.63, 3.8) is 0 Å². The van der Waals surface area contributed by atoms with Gasteiger partial charge in [-0.3, -0.25) is 4.79 Å². The molecule has 0 aromatic rings. The van der Waals surface area contributed by atoms with E-state index < -0.39 is 16.0 Å². The highest BCUT2D eigenvalue weighted by atomic mass is 32.2. The Kier molecular flexibility index (Phi) is 3.73. The second-order valence-corrected chi connectivity index (χ2v) is 7.30. The molecule has 0 radical (unpaired) electrons. The van der Waals surface area contributed by atoms with Crippen molar-refractivity contribution in [2.45, 2.75) is 43.8 Å². The van der Waals surface area contributed by atoms with Crippen LogP contribution in [0.3, 0.4) is 0 Å². The maximum atomic E-state index is 12.2. The molecule has 0 aromatic carbocycles. The van der Waals surface area contributed by atoms with Crippen LogP contribution in [-0.2, 0) is 14.8 Å². The van der Waals surface area contributed by atoms with Gasteiger partial charge in [0.05, 0.1) is 11.7 Å². The average Bonchev–Trinajstić information content (AvgIpc) is 2.23. The molecular formula is C11H19NO4S. The van der Waals surface area contributed by atoms with Crippen LogP contribution < -0.4 is 0 Å². The Morgan fingerprint density at radius 2 is 1.76 bits per heavy atom. The van der Waals surface area contributed by atoms with Crippen molar-refractivity contribution in [2.75, 3.05) is 13.1 Å². The van der Waals surface area contributed by atoms with E-state index in [2.05, 4.69) is 0 Å². The molecule has 1 heterocycles. The van der Waals surface area contributed by atoms with Gasteiger partial charge in [-0.05, 0) is 18.8 Å². The fourth-order valence-electron chi connectivity index (χ4n) is 2.68. The van der Waals surface area contributed by atoms with Gasteiger partial charge in [-0.25, -0.2) is 12.7 Å². The number of aliphatic carboxylic acids is 1. The molecule has 1 aliphatic heterocycles. The Labute approximate surface area is 102 Å². The van der Waals surface area contributed by atoms with Crippen LogP contribution in [0.15, 0.2) is 0 Å². The van der Waals surface area contributed by atoms with E-state index in [4.69, 9.17) is 5.11 Å². The topological polar surface area (TPSA) is 74.7 Å². The zero-order chi connectivity index (χ0) is 12.5. The number of rotatable bonds is 4. The van der Waals surface area contributed by atoms with Crippen molar-refractivity contribution < 1.29 is 18.3 Å². The lowest BCUT2D eigenvalue weighted by atomic mass is 10.00. The molecule has 0 spiro atoms. The number of hydrogen-bond acceptors (Lipinski definition) is 3. The van der Waals surface area contributed by atoms with Gasteiger partial charge in [0, 0.05) is 13.1 Å². The lowest BCUT2D eigenvalue weighted by Gasteiger charge is -2.40. The van der Waals surface area contributed by atoms with E-state index in [-0.39, 0.29) is 17.6 Å². The molecule has 1 N–H and O–H groups in total. The molecule has 5 nitrogen and oxygen atoms in total. The van der Waals surface area contributed by atoms with E-state index in [1.807, 2.05) is 0 Å². The summed E-state index contributed by atoms with van der Waals surface area (Å²) in [6, 6.07) is 0. The van der Waals surface area contributed by atoms with Crippen LogP contribution in [0.2, 0.25) is 0 Å². The van der Waals surface area contributed by atoms with Gasteiger partial charge in [-0.15, -0.1) is 0 Å². The van der Waals surface area contributed by atoms with Crippen molar-refractivity contribution >= 4 is 16.0 Å². The summed E-state index contributed by atoms with van der Waals surface area (Å²) >= 11 is 0. The number of carbonyl (C=O) groups is 1. The maximum absolute atomic E-state index is 12.2. The van der Waals surface area contributed by atoms with Crippen LogP contribution in [-0.4, -0.2) is 42.1 Å². The van der Waals surface area contributed by atoms with Crippen LogP contribution in [0.25, 0.3) is 0 Å². The summed E-state index contributed by atoms with van der Waals surface area (Å²) in [5.41, 5.74) is 0. The minimum Gasteiger partial charge on any atom is -0.481 e. The molecule has 1 saturated carbocycles. The standard InChI is InChI=1S/C11H19NO4S/c13-11(14)6-9-7-12(8-9)17(15,16)10-4-2-1-3-5-10/h9-10H,1-8H2,(H,13,14). The number of sulfonamides is 1. The molecule has 98 valence electrons. The van der Waals surface area contributed by atoms with Crippen LogP contribution in [0.1, 0.15) is 38.5 Å². The normalized spacial score (nSPS) is 24.5. The van der Waals surface area contributed by atoms with Gasteiger partial charge in [0.25, 0.3) is 0 Å². The summed E-state index contributed by atoms with van der Waals surface area (Å²) in [5, 5.41) is 8.40. The molecule has 2 aliphatic rings. The van der Waals surface area contributed by atoms with Gasteiger partial charge < -0.3 is 5.11 Å². The van der Waals surface area contributed by atoms with Gasteiger partial charge in [0.1, 0.15) is 0 Å². The molecule has 17 heavy (non-hydrogen) atoms. The predicted octanol–water partition coefficient (Wildman–Crippen LogP) is 1.06. The molecular weight excluding hydrogens is 242 g/mol. The number of carboxylic acid groups (broad SMARTS) is 1. The highest BCUT2D eigenvalue weighted by molar-refractivity contribution is 7.89. The molecule has 2 fully saturated rings. The largest absolute Gasteiger partial charge is 0.481 e. The second-order valence-electron chi connectivity index (χ2n) is 5.09. The highest BCUT2D eigenvalue weighted by Crippen LogP contribution is 2.31. The van der Waals surface area contributed by atoms with Gasteiger partial charge in [0.15, 0.2) is 0 Å². The first-order valence-electron chi connectivity index (χ1n) is 6.21. The van der Waals surface area contributed by atoms with Gasteiger partial charge in [-0.2, -0.15) is 0 Å². The van der Waals surface area contributed by atoms with E-state index in [0.717, 1.165) is 32.1 Å². The first-order chi connectivity index (χ1) is 8.00. The van der Waals surface area contributed by atoms with Crippen LogP contribution in [0, 0.1) is 5.92 Å². The molecule has 0 amide bonds. The van der Waals surface area contributed by atoms with Crippen molar-refractivity contribution in [3.8, 4) is 0 Å². The minimum absolute atomic E-state index is 0.00543. The highest BCUT2D eigenvalue weighted by Gasteiger charge is 2.40. The van der Waals surface area contributed by atoms with Crippen LogP contribution >= 0.6 is 0 Å². The molecule has 0 unspecified atom stereocenters. The zero-order valence-corrected chi connectivity index (χ0v) is 10.7. The van der Waals surface area contributed by atoms with Crippen molar-refractivity contribution in [1.82, 2.24) is 4.31 Å². The molecule has 6 heteroatoms. The Bertz CT molecular complexity index is 380. The van der Waals surface area contributed by atoms with Gasteiger partial charge >= 0.3 is 5.97 Å². The fourth-order valence-corrected chi connectivity index (χ4v) is 4.87. The predicted molar refractivity (Wildman–Crippen MR) is 63.1 cm³/mol. The summed E-state index contributed by atoms with van der Waals surface area (Å²) < 4.78 is 25.8. The minimum atomic E-state index is -3.15. The van der Waals surface area contributed by atoms with E-state index >= 15 is 0 Å². The van der Waals surface area contributed by atoms with E-state index in [9.17, 15) is 13.2 Å². The third-order valence-electron chi connectivity index (χ3n) is 3.72. The summed E-state index contributed by atoms with van der Waals surface area (Å²) in [5.74, 6) is -0.837. The summed E-state index contributed by atoms with van der Waals surface area (Å²) in [6.45, 7) is 0.788. The first-order valence-corrected chi connectivity index (χ1v) is 7.71. The number of hydrogen-bond donors (Lipinski definition) is 1. The van der Waals surface area contributed by atoms with Gasteiger partial charge in [-0.1, -0.05) is 19.3 Å². The third kappa shape index (κ3) is 2.80. The Hall–Kier alpha value is -0.620. The molecule has 0 atom stereocenters. The van der Waals surface area contributed by atoms with Gasteiger partial charge in [0.2, 0.25) is 10.0 Å². The summed E-state index contributed by atoms with van der Waals surface area (Å²) in [7, 11) is -3.15. The SMILES string of the molecule is O=C(O)CC1CN(S(=O)(=O)C2CCCCC2)C1. The maximum Gasteiger partial charge on any atom is 0.303 e. The third-order valence-corrected chi connectivity index (χ3v) is 6.05. The second kappa shape index (κ2) is 4.94. The molecule has 1 aliphatic carbocycles. The molecule has 2 rings (SSSR count). The Morgan fingerprint density at radius 3 is 2.29 bits per heavy atom. The monoisotopic (exact) mass is 261 g/mol. The lowest BCUT2D eigenvalue weighted by Crippen LogP contribution is -2.53. The molecule has 0 aromatic heterocycles.